The Kier molecular flexibility index (Phi) is 5.36. The number of rotatable bonds is 6. The topological polar surface area (TPSA) is 49.8 Å². The molecular formula is C15H23NO3. The molecule has 0 spiro atoms. The number of ether oxygens (including phenoxy) is 1. The number of benzene rings is 1. The van der Waals surface area contributed by atoms with Gasteiger partial charge in [0.25, 0.3) is 0 Å². The van der Waals surface area contributed by atoms with E-state index in [1.165, 1.54) is 0 Å². The van der Waals surface area contributed by atoms with Crippen molar-refractivity contribution in [1.29, 1.82) is 0 Å². The molecule has 0 aromatic heterocycles. The van der Waals surface area contributed by atoms with Gasteiger partial charge in [-0.2, -0.15) is 0 Å². The summed E-state index contributed by atoms with van der Waals surface area (Å²) in [6.07, 6.45) is 1.10. The summed E-state index contributed by atoms with van der Waals surface area (Å²) < 4.78 is 5.15. The van der Waals surface area contributed by atoms with Crippen molar-refractivity contribution in [2.45, 2.75) is 32.3 Å². The van der Waals surface area contributed by atoms with Gasteiger partial charge in [0.05, 0.1) is 12.7 Å². The molecule has 1 aromatic rings. The third-order valence-electron chi connectivity index (χ3n) is 2.81. The lowest BCUT2D eigenvalue weighted by atomic mass is 10.1. The van der Waals surface area contributed by atoms with Crippen molar-refractivity contribution in [3.05, 3.63) is 29.8 Å². The maximum Gasteiger partial charge on any atom is 0.222 e. The van der Waals surface area contributed by atoms with Crippen molar-refractivity contribution in [3.8, 4) is 5.75 Å². The average molecular weight is 265 g/mol. The monoisotopic (exact) mass is 265 g/mol. The van der Waals surface area contributed by atoms with Gasteiger partial charge in [-0.05, 0) is 38.0 Å². The molecule has 0 aliphatic heterocycles. The fourth-order valence-corrected chi connectivity index (χ4v) is 1.94. The van der Waals surface area contributed by atoms with Gasteiger partial charge in [0.1, 0.15) is 5.75 Å². The highest BCUT2D eigenvalue weighted by molar-refractivity contribution is 5.76. The third-order valence-corrected chi connectivity index (χ3v) is 2.81. The summed E-state index contributed by atoms with van der Waals surface area (Å²) in [5, 5.41) is 9.68. The molecule has 1 amide bonds. The van der Waals surface area contributed by atoms with E-state index >= 15 is 0 Å². The maximum absolute atomic E-state index is 11.9. The van der Waals surface area contributed by atoms with Crippen LogP contribution in [0.1, 0.15) is 25.8 Å². The molecule has 0 bridgehead atoms. The molecule has 0 heterocycles. The minimum atomic E-state index is -0.861. The van der Waals surface area contributed by atoms with Crippen molar-refractivity contribution >= 4 is 5.91 Å². The molecule has 4 nitrogen and oxygen atoms in total. The van der Waals surface area contributed by atoms with Gasteiger partial charge >= 0.3 is 0 Å². The Labute approximate surface area is 115 Å². The zero-order valence-corrected chi connectivity index (χ0v) is 12.1. The van der Waals surface area contributed by atoms with E-state index in [2.05, 4.69) is 0 Å². The molecule has 0 unspecified atom stereocenters. The molecule has 1 rings (SSSR count). The Morgan fingerprint density at radius 2 is 2.11 bits per heavy atom. The minimum Gasteiger partial charge on any atom is -0.497 e. The number of nitrogens with zero attached hydrogens (tertiary/aromatic N) is 1. The SMILES string of the molecule is COc1cccc(CCC(=O)N(C)CC(C)(C)O)c1. The summed E-state index contributed by atoms with van der Waals surface area (Å²) in [6, 6.07) is 7.71. The minimum absolute atomic E-state index is 0.0324. The first-order valence-corrected chi connectivity index (χ1v) is 6.41. The number of hydrogen-bond acceptors (Lipinski definition) is 3. The van der Waals surface area contributed by atoms with Crippen LogP contribution >= 0.6 is 0 Å². The number of hydrogen-bond donors (Lipinski definition) is 1. The standard InChI is InChI=1S/C15H23NO3/c1-15(2,18)11-16(3)14(17)9-8-12-6-5-7-13(10-12)19-4/h5-7,10,18H,8-9,11H2,1-4H3. The van der Waals surface area contributed by atoms with Crippen LogP contribution in [0.4, 0.5) is 0 Å². The summed E-state index contributed by atoms with van der Waals surface area (Å²) in [5.74, 6) is 0.833. The molecule has 1 aromatic carbocycles. The molecule has 0 aliphatic carbocycles. The van der Waals surface area contributed by atoms with Crippen LogP contribution in [0.25, 0.3) is 0 Å². The van der Waals surface area contributed by atoms with Crippen LogP contribution in [0.15, 0.2) is 24.3 Å². The normalized spacial score (nSPS) is 11.2. The van der Waals surface area contributed by atoms with Gasteiger partial charge in [-0.3, -0.25) is 4.79 Å². The molecule has 0 atom stereocenters. The van der Waals surface area contributed by atoms with Gasteiger partial charge in [-0.15, -0.1) is 0 Å². The van der Waals surface area contributed by atoms with E-state index in [-0.39, 0.29) is 5.91 Å². The molecule has 19 heavy (non-hydrogen) atoms. The third kappa shape index (κ3) is 5.75. The van der Waals surface area contributed by atoms with Gasteiger partial charge in [-0.25, -0.2) is 0 Å². The average Bonchev–Trinajstić information content (AvgIpc) is 2.34. The van der Waals surface area contributed by atoms with Crippen molar-refractivity contribution in [2.24, 2.45) is 0 Å². The molecule has 106 valence electrons. The lowest BCUT2D eigenvalue weighted by Gasteiger charge is -2.25. The van der Waals surface area contributed by atoms with Gasteiger partial charge in [0, 0.05) is 20.0 Å². The molecule has 1 N–H and O–H groups in total. The lowest BCUT2D eigenvalue weighted by Crippen LogP contribution is -2.39. The summed E-state index contributed by atoms with van der Waals surface area (Å²) in [4.78, 5) is 13.5. The molecule has 0 saturated carbocycles. The highest BCUT2D eigenvalue weighted by Gasteiger charge is 2.18. The second kappa shape index (κ2) is 6.57. The van der Waals surface area contributed by atoms with E-state index in [9.17, 15) is 9.90 Å². The van der Waals surface area contributed by atoms with E-state index < -0.39 is 5.60 Å². The Hall–Kier alpha value is -1.55. The number of aryl methyl sites for hydroxylation is 1. The van der Waals surface area contributed by atoms with Crippen LogP contribution in [0.2, 0.25) is 0 Å². The Morgan fingerprint density at radius 3 is 2.68 bits per heavy atom. The van der Waals surface area contributed by atoms with E-state index in [0.717, 1.165) is 11.3 Å². The van der Waals surface area contributed by atoms with E-state index in [0.29, 0.717) is 19.4 Å². The van der Waals surface area contributed by atoms with Gasteiger partial charge < -0.3 is 14.7 Å². The number of aliphatic hydroxyl groups is 1. The molecule has 0 aliphatic rings. The van der Waals surface area contributed by atoms with Crippen LogP contribution in [-0.2, 0) is 11.2 Å². The van der Waals surface area contributed by atoms with Gasteiger partial charge in [-0.1, -0.05) is 12.1 Å². The van der Waals surface area contributed by atoms with E-state index in [1.807, 2.05) is 24.3 Å². The first kappa shape index (κ1) is 15.5. The van der Waals surface area contributed by atoms with Crippen molar-refractivity contribution < 1.29 is 14.6 Å². The number of carbonyl (C=O) groups excluding carboxylic acids is 1. The smallest absolute Gasteiger partial charge is 0.222 e. The van der Waals surface area contributed by atoms with Crippen LogP contribution in [0.3, 0.4) is 0 Å². The number of amides is 1. The summed E-state index contributed by atoms with van der Waals surface area (Å²) in [5.41, 5.74) is 0.213. The Bertz CT molecular complexity index is 424. The molecule has 0 radical (unpaired) electrons. The zero-order valence-electron chi connectivity index (χ0n) is 12.1. The fourth-order valence-electron chi connectivity index (χ4n) is 1.94. The summed E-state index contributed by atoms with van der Waals surface area (Å²) in [6.45, 7) is 3.72. The summed E-state index contributed by atoms with van der Waals surface area (Å²) >= 11 is 0. The largest absolute Gasteiger partial charge is 0.497 e. The summed E-state index contributed by atoms with van der Waals surface area (Å²) in [7, 11) is 3.34. The van der Waals surface area contributed by atoms with Crippen LogP contribution in [-0.4, -0.2) is 42.2 Å². The fraction of sp³-hybridized carbons (Fsp3) is 0.533. The molecular weight excluding hydrogens is 242 g/mol. The number of carbonyl (C=O) groups is 1. The Morgan fingerprint density at radius 1 is 1.42 bits per heavy atom. The van der Waals surface area contributed by atoms with Crippen molar-refractivity contribution in [2.75, 3.05) is 20.7 Å². The zero-order chi connectivity index (χ0) is 14.5. The van der Waals surface area contributed by atoms with Crippen molar-refractivity contribution in [3.63, 3.8) is 0 Å². The second-order valence-electron chi connectivity index (χ2n) is 5.41. The van der Waals surface area contributed by atoms with Crippen LogP contribution in [0.5, 0.6) is 5.75 Å². The first-order valence-electron chi connectivity index (χ1n) is 6.41. The second-order valence-corrected chi connectivity index (χ2v) is 5.41. The highest BCUT2D eigenvalue weighted by Crippen LogP contribution is 2.14. The maximum atomic E-state index is 11.9. The van der Waals surface area contributed by atoms with E-state index in [1.54, 1.807) is 32.9 Å². The van der Waals surface area contributed by atoms with Gasteiger partial charge in [0.2, 0.25) is 5.91 Å². The Balaban J connectivity index is 2.49. The number of likely N-dealkylation sites (N-methyl/N-ethyl adjacent to an activating group) is 1. The quantitative estimate of drug-likeness (QED) is 0.854. The van der Waals surface area contributed by atoms with Gasteiger partial charge in [0.15, 0.2) is 0 Å². The first-order chi connectivity index (χ1) is 8.81. The predicted molar refractivity (Wildman–Crippen MR) is 75.2 cm³/mol. The van der Waals surface area contributed by atoms with E-state index in [4.69, 9.17) is 4.74 Å². The van der Waals surface area contributed by atoms with Crippen molar-refractivity contribution in [1.82, 2.24) is 4.90 Å². The molecule has 4 heteroatoms. The number of methoxy groups -OCH3 is 1. The predicted octanol–water partition coefficient (Wildman–Crippen LogP) is 1.86. The highest BCUT2D eigenvalue weighted by atomic mass is 16.5. The lowest BCUT2D eigenvalue weighted by molar-refractivity contribution is -0.132. The van der Waals surface area contributed by atoms with Crippen LogP contribution < -0.4 is 4.74 Å². The van der Waals surface area contributed by atoms with Crippen LogP contribution in [0, 0.1) is 0 Å². The molecule has 0 saturated heterocycles. The molecule has 0 fully saturated rings.